The van der Waals surface area contributed by atoms with Crippen LogP contribution in [0.15, 0.2) is 77.7 Å². The summed E-state index contributed by atoms with van der Waals surface area (Å²) in [6, 6.07) is 17.6. The molecule has 0 saturated heterocycles. The molecule has 1 N–H and O–H groups in total. The molecule has 152 valence electrons. The van der Waals surface area contributed by atoms with Crippen LogP contribution in [0.2, 0.25) is 0 Å². The van der Waals surface area contributed by atoms with Crippen LogP contribution in [0.1, 0.15) is 30.7 Å². The lowest BCUT2D eigenvalue weighted by Crippen LogP contribution is -2.26. The first-order valence-corrected chi connectivity index (χ1v) is 9.68. The van der Waals surface area contributed by atoms with Crippen LogP contribution < -0.4 is 5.32 Å². The van der Waals surface area contributed by atoms with Crippen LogP contribution in [-0.4, -0.2) is 20.7 Å². The number of benzene rings is 2. The van der Waals surface area contributed by atoms with E-state index in [-0.39, 0.29) is 24.2 Å². The molecule has 0 spiro atoms. The van der Waals surface area contributed by atoms with Crippen LogP contribution in [0.4, 0.5) is 4.39 Å². The fourth-order valence-corrected chi connectivity index (χ4v) is 3.21. The second kappa shape index (κ2) is 8.73. The summed E-state index contributed by atoms with van der Waals surface area (Å²) in [6.45, 7) is 1.94. The third kappa shape index (κ3) is 4.46. The van der Waals surface area contributed by atoms with E-state index in [9.17, 15) is 9.18 Å². The van der Waals surface area contributed by atoms with Gasteiger partial charge in [-0.05, 0) is 48.9 Å². The molecule has 7 heteroatoms. The zero-order valence-electron chi connectivity index (χ0n) is 16.5. The molecule has 0 fully saturated rings. The van der Waals surface area contributed by atoms with Gasteiger partial charge in [0, 0.05) is 12.8 Å². The number of amides is 1. The number of carbonyl (C=O) groups is 1. The van der Waals surface area contributed by atoms with Crippen LogP contribution in [0.25, 0.3) is 17.0 Å². The molecule has 2 aromatic heterocycles. The van der Waals surface area contributed by atoms with Gasteiger partial charge in [0.25, 0.3) is 0 Å². The molecule has 0 aliphatic rings. The highest BCUT2D eigenvalue weighted by molar-refractivity contribution is 5.76. The van der Waals surface area contributed by atoms with E-state index < -0.39 is 0 Å². The van der Waals surface area contributed by atoms with E-state index in [1.165, 1.54) is 12.4 Å². The number of nitrogens with one attached hydrogen (secondary N) is 1. The first-order valence-electron chi connectivity index (χ1n) is 9.68. The zero-order valence-corrected chi connectivity index (χ0v) is 16.5. The summed E-state index contributed by atoms with van der Waals surface area (Å²) < 4.78 is 21.3. The minimum atomic E-state index is -0.334. The van der Waals surface area contributed by atoms with Gasteiger partial charge in [-0.15, -0.1) is 0 Å². The molecule has 1 atom stereocenters. The molecular formula is C23H21FN4O2. The minimum absolute atomic E-state index is 0.0771. The van der Waals surface area contributed by atoms with Crippen LogP contribution >= 0.6 is 0 Å². The van der Waals surface area contributed by atoms with E-state index >= 15 is 0 Å². The Kier molecular flexibility index (Phi) is 5.70. The summed E-state index contributed by atoms with van der Waals surface area (Å²) in [5.74, 6) is 0.698. The number of aromatic nitrogens is 3. The zero-order chi connectivity index (χ0) is 20.9. The topological polar surface area (TPSA) is 73.0 Å². The van der Waals surface area contributed by atoms with Gasteiger partial charge in [-0.25, -0.2) is 14.1 Å². The number of furan rings is 1. The third-order valence-corrected chi connectivity index (χ3v) is 4.85. The molecule has 0 unspecified atom stereocenters. The maximum absolute atomic E-state index is 13.9. The van der Waals surface area contributed by atoms with Crippen molar-refractivity contribution in [2.24, 2.45) is 0 Å². The highest BCUT2D eigenvalue weighted by Crippen LogP contribution is 2.25. The summed E-state index contributed by atoms with van der Waals surface area (Å²) in [4.78, 5) is 16.3. The Labute approximate surface area is 173 Å². The fraction of sp³-hybridized carbons (Fsp3) is 0.174. The van der Waals surface area contributed by atoms with Crippen LogP contribution in [0, 0.1) is 5.82 Å². The number of carbonyl (C=O) groups excluding carboxylic acids is 1. The molecule has 2 heterocycles. The van der Waals surface area contributed by atoms with Gasteiger partial charge in [-0.2, -0.15) is 5.10 Å². The quantitative estimate of drug-likeness (QED) is 0.493. The lowest BCUT2D eigenvalue weighted by molar-refractivity contribution is -0.121. The average Bonchev–Trinajstić information content (AvgIpc) is 3.45. The maximum Gasteiger partial charge on any atom is 0.220 e. The van der Waals surface area contributed by atoms with Crippen molar-refractivity contribution in [1.82, 2.24) is 20.1 Å². The number of aryl methyl sites for hydroxylation is 1. The number of rotatable bonds is 7. The fourth-order valence-electron chi connectivity index (χ4n) is 3.21. The normalized spacial score (nSPS) is 11.9. The largest absolute Gasteiger partial charge is 0.461 e. The molecule has 30 heavy (non-hydrogen) atoms. The molecule has 4 aromatic rings. The van der Waals surface area contributed by atoms with Gasteiger partial charge in [0.1, 0.15) is 30.0 Å². The Balaban J connectivity index is 1.31. The molecule has 0 aliphatic carbocycles. The predicted octanol–water partition coefficient (Wildman–Crippen LogP) is 4.48. The van der Waals surface area contributed by atoms with Crippen molar-refractivity contribution in [3.05, 3.63) is 90.5 Å². The van der Waals surface area contributed by atoms with Crippen molar-refractivity contribution in [3.8, 4) is 17.0 Å². The van der Waals surface area contributed by atoms with Crippen LogP contribution in [0.3, 0.4) is 0 Å². The summed E-state index contributed by atoms with van der Waals surface area (Å²) in [7, 11) is 0. The number of halogens is 1. The second-order valence-electron chi connectivity index (χ2n) is 6.97. The van der Waals surface area contributed by atoms with Gasteiger partial charge in [0.2, 0.25) is 5.91 Å². The van der Waals surface area contributed by atoms with E-state index in [1.807, 2.05) is 31.2 Å². The Hall–Kier alpha value is -3.74. The van der Waals surface area contributed by atoms with Crippen molar-refractivity contribution in [2.45, 2.75) is 25.8 Å². The van der Waals surface area contributed by atoms with Crippen LogP contribution in [-0.2, 0) is 11.2 Å². The van der Waals surface area contributed by atoms with Crippen molar-refractivity contribution in [2.75, 3.05) is 0 Å². The monoisotopic (exact) mass is 404 g/mol. The predicted molar refractivity (Wildman–Crippen MR) is 110 cm³/mol. The molecule has 0 aliphatic heterocycles. The van der Waals surface area contributed by atoms with Crippen LogP contribution in [0.5, 0.6) is 0 Å². The van der Waals surface area contributed by atoms with Gasteiger partial charge in [0.05, 0.1) is 17.3 Å². The molecule has 0 radical (unpaired) electrons. The highest BCUT2D eigenvalue weighted by atomic mass is 19.1. The number of hydrogen-bond acceptors (Lipinski definition) is 4. The summed E-state index contributed by atoms with van der Waals surface area (Å²) in [5.41, 5.74) is 2.31. The lowest BCUT2D eigenvalue weighted by Gasteiger charge is -2.14. The van der Waals surface area contributed by atoms with Crippen molar-refractivity contribution in [3.63, 3.8) is 0 Å². The summed E-state index contributed by atoms with van der Waals surface area (Å²) in [5, 5.41) is 7.09. The lowest BCUT2D eigenvalue weighted by atomic mass is 10.1. The number of nitrogens with zero attached hydrogens (tertiary/aromatic N) is 3. The molecule has 0 saturated carbocycles. The van der Waals surface area contributed by atoms with Gasteiger partial charge >= 0.3 is 0 Å². The first-order chi connectivity index (χ1) is 14.6. The van der Waals surface area contributed by atoms with E-state index in [1.54, 1.807) is 41.3 Å². The first kappa shape index (κ1) is 19.6. The van der Waals surface area contributed by atoms with E-state index in [2.05, 4.69) is 15.4 Å². The van der Waals surface area contributed by atoms with E-state index in [0.29, 0.717) is 23.5 Å². The molecular weight excluding hydrogens is 383 g/mol. The molecule has 2 aromatic carbocycles. The van der Waals surface area contributed by atoms with Gasteiger partial charge in [-0.1, -0.05) is 24.3 Å². The van der Waals surface area contributed by atoms with Gasteiger partial charge < -0.3 is 9.73 Å². The Morgan fingerprint density at radius 1 is 1.13 bits per heavy atom. The minimum Gasteiger partial charge on any atom is -0.461 e. The Morgan fingerprint density at radius 2 is 1.93 bits per heavy atom. The standard InChI is InChI=1S/C23H21FN4O2/c1-16(17-6-8-18(9-7-17)28-15-25-14-26-28)27-23(29)13-11-19-10-12-22(30-19)20-4-2-3-5-21(20)24/h2-10,12,14-16H,11,13H2,1H3,(H,27,29)/t16-/m1/s1. The smallest absolute Gasteiger partial charge is 0.220 e. The van der Waals surface area contributed by atoms with Crippen molar-refractivity contribution in [1.29, 1.82) is 0 Å². The Morgan fingerprint density at radius 3 is 2.67 bits per heavy atom. The summed E-state index contributed by atoms with van der Waals surface area (Å²) >= 11 is 0. The maximum atomic E-state index is 13.9. The van der Waals surface area contributed by atoms with Gasteiger partial charge in [0.15, 0.2) is 0 Å². The van der Waals surface area contributed by atoms with Crippen molar-refractivity contribution >= 4 is 5.91 Å². The number of hydrogen-bond donors (Lipinski definition) is 1. The second-order valence-corrected chi connectivity index (χ2v) is 6.97. The molecule has 1 amide bonds. The van der Waals surface area contributed by atoms with E-state index in [0.717, 1.165) is 11.3 Å². The Bertz CT molecular complexity index is 1120. The molecule has 6 nitrogen and oxygen atoms in total. The third-order valence-electron chi connectivity index (χ3n) is 4.85. The van der Waals surface area contributed by atoms with Gasteiger partial charge in [-0.3, -0.25) is 4.79 Å². The SMILES string of the molecule is C[C@@H](NC(=O)CCc1ccc(-c2ccccc2F)o1)c1ccc(-n2cncn2)cc1. The molecule has 0 bridgehead atoms. The summed E-state index contributed by atoms with van der Waals surface area (Å²) in [6.07, 6.45) is 3.84. The highest BCUT2D eigenvalue weighted by Gasteiger charge is 2.13. The van der Waals surface area contributed by atoms with Crippen molar-refractivity contribution < 1.29 is 13.6 Å². The molecule has 4 rings (SSSR count). The van der Waals surface area contributed by atoms with E-state index in [4.69, 9.17) is 4.42 Å². The average molecular weight is 404 g/mol.